The van der Waals surface area contributed by atoms with E-state index in [4.69, 9.17) is 0 Å². The van der Waals surface area contributed by atoms with E-state index in [1.165, 1.54) is 0 Å². The van der Waals surface area contributed by atoms with Gasteiger partial charge in [0.1, 0.15) is 0 Å². The molecule has 0 spiro atoms. The number of amides is 3. The fourth-order valence-corrected chi connectivity index (χ4v) is 2.86. The van der Waals surface area contributed by atoms with Crippen LogP contribution >= 0.6 is 0 Å². The van der Waals surface area contributed by atoms with E-state index in [2.05, 4.69) is 10.3 Å². The Hall–Kier alpha value is -2.11. The number of hydrogen-bond acceptors (Lipinski definition) is 3. The van der Waals surface area contributed by atoms with Gasteiger partial charge in [0.2, 0.25) is 5.91 Å². The summed E-state index contributed by atoms with van der Waals surface area (Å²) >= 11 is 0. The molecule has 3 amide bonds. The number of rotatable bonds is 5. The van der Waals surface area contributed by atoms with Crippen molar-refractivity contribution in [3.05, 3.63) is 29.6 Å². The second-order valence-corrected chi connectivity index (χ2v) is 6.56. The van der Waals surface area contributed by atoms with Gasteiger partial charge in [-0.25, -0.2) is 4.79 Å². The van der Waals surface area contributed by atoms with Crippen LogP contribution in [0, 0.1) is 12.8 Å². The minimum absolute atomic E-state index is 0.116. The number of carbonyl (C=O) groups is 2. The Morgan fingerprint density at radius 1 is 1.52 bits per heavy atom. The van der Waals surface area contributed by atoms with Crippen molar-refractivity contribution in [1.82, 2.24) is 20.1 Å². The van der Waals surface area contributed by atoms with Gasteiger partial charge < -0.3 is 15.1 Å². The van der Waals surface area contributed by atoms with Gasteiger partial charge in [-0.3, -0.25) is 9.78 Å². The van der Waals surface area contributed by atoms with Crippen LogP contribution in [0.25, 0.3) is 0 Å². The molecule has 2 rings (SSSR count). The highest BCUT2D eigenvalue weighted by Crippen LogP contribution is 2.19. The fourth-order valence-electron chi connectivity index (χ4n) is 2.86. The number of pyridine rings is 1. The Labute approximate surface area is 137 Å². The molecule has 0 bridgehead atoms. The van der Waals surface area contributed by atoms with Gasteiger partial charge in [-0.2, -0.15) is 0 Å². The summed E-state index contributed by atoms with van der Waals surface area (Å²) in [6, 6.07) is 3.99. The second-order valence-electron chi connectivity index (χ2n) is 6.56. The third-order valence-corrected chi connectivity index (χ3v) is 4.13. The molecule has 1 fully saturated rings. The first-order valence-corrected chi connectivity index (χ1v) is 8.06. The molecule has 0 radical (unpaired) electrons. The molecule has 1 saturated heterocycles. The average Bonchev–Trinajstić information content (AvgIpc) is 2.86. The van der Waals surface area contributed by atoms with E-state index in [-0.39, 0.29) is 23.9 Å². The van der Waals surface area contributed by atoms with Crippen molar-refractivity contribution in [2.24, 2.45) is 5.92 Å². The van der Waals surface area contributed by atoms with Crippen LogP contribution in [-0.2, 0) is 11.3 Å². The largest absolute Gasteiger partial charge is 0.340 e. The minimum atomic E-state index is -0.116. The number of urea groups is 1. The summed E-state index contributed by atoms with van der Waals surface area (Å²) in [5.41, 5.74) is 1.99. The third-order valence-electron chi connectivity index (χ3n) is 4.13. The molecule has 1 aliphatic rings. The number of nitrogens with one attached hydrogen (secondary N) is 1. The van der Waals surface area contributed by atoms with Crippen LogP contribution < -0.4 is 5.32 Å². The molecule has 1 aromatic heterocycles. The first kappa shape index (κ1) is 17.2. The molecule has 1 N–H and O–H groups in total. The van der Waals surface area contributed by atoms with Crippen molar-refractivity contribution in [2.75, 3.05) is 20.1 Å². The molecule has 0 unspecified atom stereocenters. The average molecular weight is 318 g/mol. The molecule has 1 atom stereocenters. The molecule has 1 aromatic rings. The lowest BCUT2D eigenvalue weighted by molar-refractivity contribution is -0.129. The van der Waals surface area contributed by atoms with Gasteiger partial charge in [-0.1, -0.05) is 0 Å². The first-order valence-electron chi connectivity index (χ1n) is 8.06. The summed E-state index contributed by atoms with van der Waals surface area (Å²) in [6.45, 7) is 7.77. The van der Waals surface area contributed by atoms with Crippen molar-refractivity contribution in [3.8, 4) is 0 Å². The Kier molecular flexibility index (Phi) is 5.58. The number of hydrogen-bond donors (Lipinski definition) is 1. The second kappa shape index (κ2) is 7.44. The molecular formula is C17H26N4O2. The van der Waals surface area contributed by atoms with Gasteiger partial charge in [-0.15, -0.1) is 0 Å². The standard InChI is InChI=1S/C17H26N4O2/c1-12(2)21-11-15(8-16(21)22)9-19-17(23)20(4)10-14-5-6-18-13(3)7-14/h5-7,12,15H,8-11H2,1-4H3,(H,19,23)/t15-/m1/s1. The summed E-state index contributed by atoms with van der Waals surface area (Å²) < 4.78 is 0. The zero-order valence-corrected chi connectivity index (χ0v) is 14.4. The lowest BCUT2D eigenvalue weighted by Crippen LogP contribution is -2.40. The molecule has 2 heterocycles. The topological polar surface area (TPSA) is 65.5 Å². The van der Waals surface area contributed by atoms with E-state index < -0.39 is 0 Å². The number of carbonyl (C=O) groups excluding carboxylic acids is 2. The summed E-state index contributed by atoms with van der Waals surface area (Å²) in [7, 11) is 1.77. The van der Waals surface area contributed by atoms with Gasteiger partial charge in [0.05, 0.1) is 0 Å². The third kappa shape index (κ3) is 4.68. The molecule has 0 aliphatic carbocycles. The van der Waals surface area contributed by atoms with Crippen molar-refractivity contribution in [2.45, 2.75) is 39.8 Å². The van der Waals surface area contributed by atoms with E-state index in [1.54, 1.807) is 18.1 Å². The highest BCUT2D eigenvalue weighted by atomic mass is 16.2. The van der Waals surface area contributed by atoms with Crippen molar-refractivity contribution >= 4 is 11.9 Å². The van der Waals surface area contributed by atoms with E-state index in [0.717, 1.165) is 17.8 Å². The van der Waals surface area contributed by atoms with Crippen LogP contribution in [0.3, 0.4) is 0 Å². The van der Waals surface area contributed by atoms with Crippen LogP contribution in [0.5, 0.6) is 0 Å². The molecular weight excluding hydrogens is 292 g/mol. The Bertz CT molecular complexity index is 573. The zero-order valence-electron chi connectivity index (χ0n) is 14.4. The van der Waals surface area contributed by atoms with Crippen LogP contribution in [0.2, 0.25) is 0 Å². The predicted octanol–water partition coefficient (Wildman–Crippen LogP) is 1.79. The number of nitrogens with zero attached hydrogens (tertiary/aromatic N) is 3. The Morgan fingerprint density at radius 3 is 2.87 bits per heavy atom. The molecule has 6 heteroatoms. The summed E-state index contributed by atoms with van der Waals surface area (Å²) in [6.07, 6.45) is 2.27. The van der Waals surface area contributed by atoms with Gasteiger partial charge in [0, 0.05) is 57.0 Å². The van der Waals surface area contributed by atoms with Gasteiger partial charge >= 0.3 is 6.03 Å². The lowest BCUT2D eigenvalue weighted by atomic mass is 10.1. The molecule has 0 saturated carbocycles. The maximum Gasteiger partial charge on any atom is 0.317 e. The SMILES string of the molecule is Cc1cc(CN(C)C(=O)NC[C@H]2CC(=O)N(C(C)C)C2)ccn1. The van der Waals surface area contributed by atoms with E-state index in [1.807, 2.05) is 37.8 Å². The van der Waals surface area contributed by atoms with Crippen LogP contribution in [0.15, 0.2) is 18.3 Å². The summed E-state index contributed by atoms with van der Waals surface area (Å²) in [4.78, 5) is 31.7. The lowest BCUT2D eigenvalue weighted by Gasteiger charge is -2.22. The van der Waals surface area contributed by atoms with Crippen LogP contribution in [-0.4, -0.2) is 52.9 Å². The maximum atomic E-state index is 12.2. The maximum absolute atomic E-state index is 12.2. The fraction of sp³-hybridized carbons (Fsp3) is 0.588. The summed E-state index contributed by atoms with van der Waals surface area (Å²) in [5.74, 6) is 0.380. The Balaban J connectivity index is 1.79. The van der Waals surface area contributed by atoms with Crippen molar-refractivity contribution in [3.63, 3.8) is 0 Å². The monoisotopic (exact) mass is 318 g/mol. The van der Waals surface area contributed by atoms with E-state index in [9.17, 15) is 9.59 Å². The quantitative estimate of drug-likeness (QED) is 0.900. The Morgan fingerprint density at radius 2 is 2.26 bits per heavy atom. The number of aromatic nitrogens is 1. The van der Waals surface area contributed by atoms with E-state index >= 15 is 0 Å². The highest BCUT2D eigenvalue weighted by molar-refractivity contribution is 5.79. The molecule has 23 heavy (non-hydrogen) atoms. The number of aryl methyl sites for hydroxylation is 1. The van der Waals surface area contributed by atoms with Crippen molar-refractivity contribution in [1.29, 1.82) is 0 Å². The van der Waals surface area contributed by atoms with Crippen LogP contribution in [0.4, 0.5) is 4.79 Å². The number of likely N-dealkylation sites (tertiary alicyclic amines) is 1. The molecule has 126 valence electrons. The van der Waals surface area contributed by atoms with Gasteiger partial charge in [-0.05, 0) is 38.5 Å². The minimum Gasteiger partial charge on any atom is -0.340 e. The summed E-state index contributed by atoms with van der Waals surface area (Å²) in [5, 5.41) is 2.93. The molecule has 0 aromatic carbocycles. The van der Waals surface area contributed by atoms with Crippen LogP contribution in [0.1, 0.15) is 31.5 Å². The zero-order chi connectivity index (χ0) is 17.0. The normalized spacial score (nSPS) is 17.7. The van der Waals surface area contributed by atoms with Crippen molar-refractivity contribution < 1.29 is 9.59 Å². The molecule has 6 nitrogen and oxygen atoms in total. The van der Waals surface area contributed by atoms with Gasteiger partial charge in [0.25, 0.3) is 0 Å². The highest BCUT2D eigenvalue weighted by Gasteiger charge is 2.31. The first-order chi connectivity index (χ1) is 10.9. The smallest absolute Gasteiger partial charge is 0.317 e. The van der Waals surface area contributed by atoms with Gasteiger partial charge in [0.15, 0.2) is 0 Å². The molecule has 1 aliphatic heterocycles. The predicted molar refractivity (Wildman–Crippen MR) is 88.8 cm³/mol. The van der Waals surface area contributed by atoms with E-state index in [0.29, 0.717) is 19.5 Å².